The molecule has 0 saturated carbocycles. The van der Waals surface area contributed by atoms with Crippen molar-refractivity contribution < 1.29 is 9.13 Å². The molecule has 0 amide bonds. The van der Waals surface area contributed by atoms with Gasteiger partial charge in [0, 0.05) is 30.9 Å². The zero-order valence-corrected chi connectivity index (χ0v) is 11.7. The molecule has 3 nitrogen and oxygen atoms in total. The fraction of sp³-hybridized carbons (Fsp3) is 0.294. The number of para-hydroxylation sites is 1. The van der Waals surface area contributed by atoms with Crippen LogP contribution in [0.25, 0.3) is 0 Å². The van der Waals surface area contributed by atoms with Gasteiger partial charge in [-0.3, -0.25) is 0 Å². The van der Waals surface area contributed by atoms with Crippen LogP contribution < -0.4 is 15.0 Å². The van der Waals surface area contributed by atoms with Crippen LogP contribution in [-0.4, -0.2) is 19.7 Å². The topological polar surface area (TPSA) is 24.5 Å². The summed E-state index contributed by atoms with van der Waals surface area (Å²) in [4.78, 5) is 2.23. The molecule has 2 aromatic rings. The predicted octanol–water partition coefficient (Wildman–Crippen LogP) is 3.19. The summed E-state index contributed by atoms with van der Waals surface area (Å²) < 4.78 is 19.3. The van der Waals surface area contributed by atoms with Crippen molar-refractivity contribution >= 4 is 11.4 Å². The highest BCUT2D eigenvalue weighted by molar-refractivity contribution is 5.64. The number of nitrogens with one attached hydrogen (secondary N) is 1. The van der Waals surface area contributed by atoms with E-state index in [9.17, 15) is 4.39 Å². The van der Waals surface area contributed by atoms with Gasteiger partial charge in [-0.25, -0.2) is 4.39 Å². The molecule has 0 fully saturated rings. The molecule has 1 N–H and O–H groups in total. The number of anilines is 2. The van der Waals surface area contributed by atoms with E-state index in [4.69, 9.17) is 4.74 Å². The molecule has 4 heteroatoms. The average Bonchev–Trinajstić information content (AvgIpc) is 2.90. The van der Waals surface area contributed by atoms with Crippen LogP contribution in [0.1, 0.15) is 11.1 Å². The summed E-state index contributed by atoms with van der Waals surface area (Å²) in [5.41, 5.74) is 4.44. The molecule has 0 saturated heterocycles. The average molecular weight is 284 g/mol. The molecule has 2 aliphatic rings. The van der Waals surface area contributed by atoms with E-state index in [0.29, 0.717) is 6.61 Å². The number of hydrogen-bond donors (Lipinski definition) is 1. The Morgan fingerprint density at radius 3 is 3.14 bits per heavy atom. The third-order valence-corrected chi connectivity index (χ3v) is 4.16. The number of nitrogens with zero attached hydrogens (tertiary/aromatic N) is 1. The van der Waals surface area contributed by atoms with Gasteiger partial charge in [0.15, 0.2) is 0 Å². The fourth-order valence-electron chi connectivity index (χ4n) is 3.15. The van der Waals surface area contributed by atoms with E-state index < -0.39 is 0 Å². The summed E-state index contributed by atoms with van der Waals surface area (Å²) in [7, 11) is 0. The minimum absolute atomic E-state index is 0.173. The Morgan fingerprint density at radius 1 is 1.24 bits per heavy atom. The monoisotopic (exact) mass is 284 g/mol. The van der Waals surface area contributed by atoms with Crippen LogP contribution in [0.2, 0.25) is 0 Å². The van der Waals surface area contributed by atoms with Crippen LogP contribution in [0.15, 0.2) is 36.4 Å². The Balaban J connectivity index is 1.65. The second kappa shape index (κ2) is 4.95. The highest BCUT2D eigenvalue weighted by atomic mass is 19.1. The molecular weight excluding hydrogens is 267 g/mol. The first-order chi connectivity index (χ1) is 10.3. The van der Waals surface area contributed by atoms with E-state index in [-0.39, 0.29) is 5.82 Å². The van der Waals surface area contributed by atoms with Crippen molar-refractivity contribution in [3.05, 3.63) is 53.3 Å². The first kappa shape index (κ1) is 12.5. The SMILES string of the molecule is Fc1ccc2c(c1)N(Cc1cccc3c1OCCN3)CC2. The number of fused-ring (bicyclic) bond motifs is 2. The lowest BCUT2D eigenvalue weighted by molar-refractivity contribution is 0.319. The quantitative estimate of drug-likeness (QED) is 0.916. The van der Waals surface area contributed by atoms with Crippen LogP contribution in [0, 0.1) is 5.82 Å². The predicted molar refractivity (Wildman–Crippen MR) is 81.6 cm³/mol. The summed E-state index contributed by atoms with van der Waals surface area (Å²) >= 11 is 0. The third-order valence-electron chi connectivity index (χ3n) is 4.16. The molecule has 0 aliphatic carbocycles. The van der Waals surface area contributed by atoms with E-state index in [1.807, 2.05) is 18.2 Å². The van der Waals surface area contributed by atoms with E-state index in [0.717, 1.165) is 48.7 Å². The number of halogens is 1. The van der Waals surface area contributed by atoms with Gasteiger partial charge in [0.05, 0.1) is 5.69 Å². The molecule has 2 aromatic carbocycles. The van der Waals surface area contributed by atoms with Gasteiger partial charge >= 0.3 is 0 Å². The molecule has 2 aliphatic heterocycles. The van der Waals surface area contributed by atoms with Crippen molar-refractivity contribution in [2.24, 2.45) is 0 Å². The van der Waals surface area contributed by atoms with E-state index >= 15 is 0 Å². The van der Waals surface area contributed by atoms with Crippen molar-refractivity contribution in [1.82, 2.24) is 0 Å². The van der Waals surface area contributed by atoms with Crippen LogP contribution >= 0.6 is 0 Å². The lowest BCUT2D eigenvalue weighted by Gasteiger charge is -2.25. The van der Waals surface area contributed by atoms with E-state index in [1.54, 1.807) is 12.1 Å². The summed E-state index contributed by atoms with van der Waals surface area (Å²) in [5.74, 6) is 0.766. The van der Waals surface area contributed by atoms with Crippen LogP contribution in [0.5, 0.6) is 5.75 Å². The second-order valence-electron chi connectivity index (χ2n) is 5.51. The summed E-state index contributed by atoms with van der Waals surface area (Å²) in [6.07, 6.45) is 0.976. The largest absolute Gasteiger partial charge is 0.489 e. The molecule has 0 atom stereocenters. The minimum Gasteiger partial charge on any atom is -0.489 e. The number of hydrogen-bond acceptors (Lipinski definition) is 3. The van der Waals surface area contributed by atoms with Gasteiger partial charge in [-0.1, -0.05) is 18.2 Å². The minimum atomic E-state index is -0.173. The van der Waals surface area contributed by atoms with Gasteiger partial charge in [0.2, 0.25) is 0 Å². The first-order valence-corrected chi connectivity index (χ1v) is 7.33. The van der Waals surface area contributed by atoms with Crippen molar-refractivity contribution in [2.75, 3.05) is 29.9 Å². The summed E-state index contributed by atoms with van der Waals surface area (Å²) in [6.45, 7) is 3.21. The van der Waals surface area contributed by atoms with Crippen molar-refractivity contribution in [3.8, 4) is 5.75 Å². The molecule has 108 valence electrons. The Kier molecular flexibility index (Phi) is 2.95. The molecule has 0 aromatic heterocycles. The lowest BCUT2D eigenvalue weighted by Crippen LogP contribution is -2.23. The summed E-state index contributed by atoms with van der Waals surface area (Å²) in [5, 5.41) is 3.35. The van der Waals surface area contributed by atoms with Crippen molar-refractivity contribution in [1.29, 1.82) is 0 Å². The van der Waals surface area contributed by atoms with Crippen molar-refractivity contribution in [2.45, 2.75) is 13.0 Å². The first-order valence-electron chi connectivity index (χ1n) is 7.33. The third kappa shape index (κ3) is 2.20. The van der Waals surface area contributed by atoms with Gasteiger partial charge in [0.1, 0.15) is 18.2 Å². The van der Waals surface area contributed by atoms with Crippen molar-refractivity contribution in [3.63, 3.8) is 0 Å². The standard InChI is InChI=1S/C17H17FN2O/c18-14-5-4-12-6-8-20(16(12)10-14)11-13-2-1-3-15-17(13)21-9-7-19-15/h1-5,10,19H,6-9,11H2. The van der Waals surface area contributed by atoms with E-state index in [1.165, 1.54) is 5.56 Å². The molecule has 0 bridgehead atoms. The maximum atomic E-state index is 13.5. The lowest BCUT2D eigenvalue weighted by atomic mass is 10.1. The van der Waals surface area contributed by atoms with Gasteiger partial charge < -0.3 is 15.0 Å². The maximum absolute atomic E-state index is 13.5. The Bertz CT molecular complexity index is 686. The highest BCUT2D eigenvalue weighted by Gasteiger charge is 2.22. The van der Waals surface area contributed by atoms with Gasteiger partial charge in [-0.05, 0) is 30.2 Å². The van der Waals surface area contributed by atoms with Crippen LogP contribution in [-0.2, 0) is 13.0 Å². The van der Waals surface area contributed by atoms with Gasteiger partial charge in [-0.15, -0.1) is 0 Å². The molecule has 0 spiro atoms. The molecule has 21 heavy (non-hydrogen) atoms. The zero-order valence-electron chi connectivity index (χ0n) is 11.7. The second-order valence-corrected chi connectivity index (χ2v) is 5.51. The molecule has 4 rings (SSSR count). The highest BCUT2D eigenvalue weighted by Crippen LogP contribution is 2.35. The van der Waals surface area contributed by atoms with Gasteiger partial charge in [0.25, 0.3) is 0 Å². The summed E-state index contributed by atoms with van der Waals surface area (Å²) in [6, 6.07) is 11.2. The van der Waals surface area contributed by atoms with Gasteiger partial charge in [-0.2, -0.15) is 0 Å². The maximum Gasteiger partial charge on any atom is 0.147 e. The van der Waals surface area contributed by atoms with Crippen LogP contribution in [0.4, 0.5) is 15.8 Å². The smallest absolute Gasteiger partial charge is 0.147 e. The molecule has 0 unspecified atom stereocenters. The fourth-order valence-corrected chi connectivity index (χ4v) is 3.15. The van der Waals surface area contributed by atoms with E-state index in [2.05, 4.69) is 16.3 Å². The number of ether oxygens (including phenoxy) is 1. The Morgan fingerprint density at radius 2 is 2.19 bits per heavy atom. The Labute approximate surface area is 123 Å². The molecule has 0 radical (unpaired) electrons. The number of benzene rings is 2. The normalized spacial score (nSPS) is 16.0. The number of rotatable bonds is 2. The Hall–Kier alpha value is -2.23. The zero-order chi connectivity index (χ0) is 14.2. The molecule has 2 heterocycles. The van der Waals surface area contributed by atoms with Crippen LogP contribution in [0.3, 0.4) is 0 Å². The molecular formula is C17H17FN2O.